The molecule has 1 atom stereocenters. The summed E-state index contributed by atoms with van der Waals surface area (Å²) in [4.78, 5) is 25.6. The lowest BCUT2D eigenvalue weighted by molar-refractivity contribution is 0.0937. The molecule has 0 bridgehead atoms. The second-order valence-corrected chi connectivity index (χ2v) is 4.11. The zero-order valence-corrected chi connectivity index (χ0v) is 10.3. The molecule has 1 unspecified atom stereocenters. The van der Waals surface area contributed by atoms with Gasteiger partial charge in [-0.3, -0.25) is 9.59 Å². The van der Waals surface area contributed by atoms with Crippen LogP contribution in [0.25, 0.3) is 0 Å². The highest BCUT2D eigenvalue weighted by Gasteiger charge is 2.14. The first kappa shape index (κ1) is 13.0. The Balaban J connectivity index is 2.15. The number of hydrogen-bond acceptors (Lipinski definition) is 3. The van der Waals surface area contributed by atoms with Crippen LogP contribution in [0, 0.1) is 0 Å². The number of carbonyl (C=O) groups is 1. The molecule has 1 amide bonds. The molecule has 0 saturated carbocycles. The molecular formula is C14H15N3O2. The molecule has 1 aromatic carbocycles. The van der Waals surface area contributed by atoms with E-state index in [2.05, 4.69) is 10.3 Å². The van der Waals surface area contributed by atoms with Gasteiger partial charge in [0.15, 0.2) is 0 Å². The van der Waals surface area contributed by atoms with Crippen molar-refractivity contribution in [2.75, 3.05) is 6.54 Å². The first-order valence-electron chi connectivity index (χ1n) is 5.95. The Hall–Kier alpha value is -2.40. The van der Waals surface area contributed by atoms with Gasteiger partial charge in [0.1, 0.15) is 0 Å². The van der Waals surface area contributed by atoms with E-state index >= 15 is 0 Å². The molecule has 0 spiro atoms. The van der Waals surface area contributed by atoms with Crippen molar-refractivity contribution < 1.29 is 4.79 Å². The Bertz CT molecular complexity index is 607. The smallest absolute Gasteiger partial charge is 0.252 e. The summed E-state index contributed by atoms with van der Waals surface area (Å²) in [7, 11) is 0. The number of pyridine rings is 1. The number of amides is 1. The monoisotopic (exact) mass is 257 g/mol. The Labute approximate surface area is 110 Å². The Kier molecular flexibility index (Phi) is 4.10. The quantitative estimate of drug-likeness (QED) is 0.757. The van der Waals surface area contributed by atoms with E-state index < -0.39 is 0 Å². The lowest BCUT2D eigenvalue weighted by Crippen LogP contribution is -2.33. The predicted molar refractivity (Wildman–Crippen MR) is 72.8 cm³/mol. The van der Waals surface area contributed by atoms with Crippen molar-refractivity contribution in [3.63, 3.8) is 0 Å². The van der Waals surface area contributed by atoms with Crippen molar-refractivity contribution in [3.05, 3.63) is 70.1 Å². The average molecular weight is 257 g/mol. The normalized spacial score (nSPS) is 11.8. The standard InChI is InChI=1S/C14H15N3O2/c15-9-12(10-4-2-1-3-5-10)17-14(19)11-6-7-16-13(18)8-11/h1-8,12H,9,15H2,(H,16,18)(H,17,19). The van der Waals surface area contributed by atoms with E-state index in [4.69, 9.17) is 5.73 Å². The summed E-state index contributed by atoms with van der Waals surface area (Å²) in [5, 5.41) is 2.81. The van der Waals surface area contributed by atoms with Crippen LogP contribution in [-0.2, 0) is 0 Å². The van der Waals surface area contributed by atoms with Crippen molar-refractivity contribution in [2.45, 2.75) is 6.04 Å². The van der Waals surface area contributed by atoms with Gasteiger partial charge in [-0.05, 0) is 11.6 Å². The fourth-order valence-electron chi connectivity index (χ4n) is 1.79. The van der Waals surface area contributed by atoms with E-state index in [1.54, 1.807) is 6.07 Å². The van der Waals surface area contributed by atoms with Gasteiger partial charge in [-0.25, -0.2) is 0 Å². The van der Waals surface area contributed by atoms with E-state index in [9.17, 15) is 9.59 Å². The third-order valence-corrected chi connectivity index (χ3v) is 2.78. The molecular weight excluding hydrogens is 242 g/mol. The highest BCUT2D eigenvalue weighted by atomic mass is 16.2. The molecule has 2 rings (SSSR count). The minimum Gasteiger partial charge on any atom is -0.344 e. The molecule has 0 aliphatic carbocycles. The highest BCUT2D eigenvalue weighted by molar-refractivity contribution is 5.94. The molecule has 5 nitrogen and oxygen atoms in total. The van der Waals surface area contributed by atoms with Gasteiger partial charge in [0.05, 0.1) is 6.04 Å². The van der Waals surface area contributed by atoms with Gasteiger partial charge in [0.2, 0.25) is 5.56 Å². The van der Waals surface area contributed by atoms with E-state index in [1.165, 1.54) is 12.3 Å². The molecule has 0 aliphatic heterocycles. The number of hydrogen-bond donors (Lipinski definition) is 3. The van der Waals surface area contributed by atoms with Crippen LogP contribution in [0.5, 0.6) is 0 Å². The van der Waals surface area contributed by atoms with Crippen LogP contribution in [0.1, 0.15) is 22.0 Å². The van der Waals surface area contributed by atoms with Crippen LogP contribution < -0.4 is 16.6 Å². The number of H-pyrrole nitrogens is 1. The van der Waals surface area contributed by atoms with Crippen LogP contribution >= 0.6 is 0 Å². The maximum atomic E-state index is 12.0. The summed E-state index contributed by atoms with van der Waals surface area (Å²) in [5.74, 6) is -0.314. The topological polar surface area (TPSA) is 88.0 Å². The third-order valence-electron chi connectivity index (χ3n) is 2.78. The zero-order chi connectivity index (χ0) is 13.7. The number of benzene rings is 1. The molecule has 0 radical (unpaired) electrons. The summed E-state index contributed by atoms with van der Waals surface area (Å²) in [6, 6.07) is 12.0. The molecule has 1 heterocycles. The maximum absolute atomic E-state index is 12.0. The van der Waals surface area contributed by atoms with Crippen molar-refractivity contribution in [1.82, 2.24) is 10.3 Å². The van der Waals surface area contributed by atoms with Crippen LogP contribution in [0.15, 0.2) is 53.5 Å². The van der Waals surface area contributed by atoms with Crippen LogP contribution in [-0.4, -0.2) is 17.4 Å². The van der Waals surface area contributed by atoms with E-state index in [0.717, 1.165) is 5.56 Å². The van der Waals surface area contributed by atoms with Gasteiger partial charge in [0.25, 0.3) is 5.91 Å². The number of nitrogens with one attached hydrogen (secondary N) is 2. The van der Waals surface area contributed by atoms with Gasteiger partial charge in [-0.1, -0.05) is 30.3 Å². The SMILES string of the molecule is NCC(NC(=O)c1cc[nH]c(=O)c1)c1ccccc1. The molecule has 1 aromatic heterocycles. The third kappa shape index (κ3) is 3.29. The average Bonchev–Trinajstić information content (AvgIpc) is 2.45. The van der Waals surface area contributed by atoms with Crippen LogP contribution in [0.2, 0.25) is 0 Å². The van der Waals surface area contributed by atoms with Gasteiger partial charge in [-0.2, -0.15) is 0 Å². The van der Waals surface area contributed by atoms with Crippen molar-refractivity contribution >= 4 is 5.91 Å². The fourth-order valence-corrected chi connectivity index (χ4v) is 1.79. The van der Waals surface area contributed by atoms with E-state index in [1.807, 2.05) is 30.3 Å². The highest BCUT2D eigenvalue weighted by Crippen LogP contribution is 2.11. The number of nitrogens with two attached hydrogens (primary N) is 1. The van der Waals surface area contributed by atoms with Gasteiger partial charge in [0, 0.05) is 24.4 Å². The Morgan fingerprint density at radius 2 is 2.00 bits per heavy atom. The first-order chi connectivity index (χ1) is 9.20. The van der Waals surface area contributed by atoms with Crippen molar-refractivity contribution in [1.29, 1.82) is 0 Å². The van der Waals surface area contributed by atoms with E-state index in [0.29, 0.717) is 12.1 Å². The second kappa shape index (κ2) is 5.97. The zero-order valence-electron chi connectivity index (χ0n) is 10.3. The minimum atomic E-state index is -0.314. The first-order valence-corrected chi connectivity index (χ1v) is 5.95. The molecule has 98 valence electrons. The summed E-state index contributed by atoms with van der Waals surface area (Å²) in [6.07, 6.45) is 1.44. The second-order valence-electron chi connectivity index (χ2n) is 4.11. The maximum Gasteiger partial charge on any atom is 0.252 e. The fraction of sp³-hybridized carbons (Fsp3) is 0.143. The number of aromatic nitrogens is 1. The molecule has 0 saturated heterocycles. The lowest BCUT2D eigenvalue weighted by atomic mass is 10.1. The summed E-state index contributed by atoms with van der Waals surface area (Å²) in [5.41, 5.74) is 6.62. The van der Waals surface area contributed by atoms with Crippen LogP contribution in [0.3, 0.4) is 0 Å². The van der Waals surface area contributed by atoms with Crippen molar-refractivity contribution in [2.24, 2.45) is 5.73 Å². The van der Waals surface area contributed by atoms with Crippen LogP contribution in [0.4, 0.5) is 0 Å². The molecule has 0 fully saturated rings. The lowest BCUT2D eigenvalue weighted by Gasteiger charge is -2.17. The largest absolute Gasteiger partial charge is 0.344 e. The number of carbonyl (C=O) groups excluding carboxylic acids is 1. The molecule has 4 N–H and O–H groups in total. The number of rotatable bonds is 4. The molecule has 19 heavy (non-hydrogen) atoms. The van der Waals surface area contributed by atoms with Gasteiger partial charge < -0.3 is 16.0 Å². The molecule has 2 aromatic rings. The number of aromatic amines is 1. The van der Waals surface area contributed by atoms with Gasteiger partial charge in [-0.15, -0.1) is 0 Å². The van der Waals surface area contributed by atoms with Crippen molar-refractivity contribution in [3.8, 4) is 0 Å². The Morgan fingerprint density at radius 3 is 2.63 bits per heavy atom. The predicted octanol–water partition coefficient (Wildman–Crippen LogP) is 0.805. The summed E-state index contributed by atoms with van der Waals surface area (Å²) < 4.78 is 0. The van der Waals surface area contributed by atoms with Gasteiger partial charge >= 0.3 is 0 Å². The Morgan fingerprint density at radius 1 is 1.26 bits per heavy atom. The summed E-state index contributed by atoms with van der Waals surface area (Å²) in [6.45, 7) is 0.291. The minimum absolute atomic E-state index is 0.270. The van der Waals surface area contributed by atoms with E-state index in [-0.39, 0.29) is 17.5 Å². The molecule has 5 heteroatoms. The molecule has 0 aliphatic rings. The summed E-state index contributed by atoms with van der Waals surface area (Å²) >= 11 is 0.